The number of aromatic hydroxyl groups is 2. The predicted molar refractivity (Wildman–Crippen MR) is 157 cm³/mol. The smallest absolute Gasteiger partial charge is 0.341 e. The van der Waals surface area contributed by atoms with Crippen molar-refractivity contribution in [2.45, 2.75) is 39.5 Å². The lowest BCUT2D eigenvalue weighted by Crippen LogP contribution is -2.29. The molecule has 0 fully saturated rings. The zero-order valence-electron chi connectivity index (χ0n) is 21.7. The first-order chi connectivity index (χ1) is 18.1. The third kappa shape index (κ3) is 3.97. The minimum absolute atomic E-state index is 0.116. The van der Waals surface area contributed by atoms with Crippen LogP contribution in [0.3, 0.4) is 0 Å². The Labute approximate surface area is 239 Å². The fourth-order valence-corrected chi connectivity index (χ4v) is 6.29. The summed E-state index contributed by atoms with van der Waals surface area (Å²) in [6.07, 6.45) is 0.661. The molecule has 1 aliphatic carbocycles. The van der Waals surface area contributed by atoms with Crippen molar-refractivity contribution in [2.24, 2.45) is 0 Å². The topological polar surface area (TPSA) is 66.8 Å². The van der Waals surface area contributed by atoms with Gasteiger partial charge in [-0.25, -0.2) is 4.79 Å². The molecule has 4 aromatic carbocycles. The Morgan fingerprint density at radius 2 is 1.32 bits per heavy atom. The third-order valence-electron chi connectivity index (χ3n) is 7.51. The number of halogens is 2. The lowest BCUT2D eigenvalue weighted by Gasteiger charge is -2.35. The second-order valence-corrected chi connectivity index (χ2v) is 11.4. The first-order valence-corrected chi connectivity index (χ1v) is 14.2. The SMILES string of the molecule is CCOC(=O)c1cc(C2(c3ccc(O)c(CC)c3)c3cc(Br)c(C)cc3-c3cc(C)c(Br)cc32)ccc1O. The number of fused-ring (bicyclic) bond motifs is 3. The van der Waals surface area contributed by atoms with Crippen LogP contribution in [0, 0.1) is 13.8 Å². The van der Waals surface area contributed by atoms with Crippen LogP contribution in [0.25, 0.3) is 11.1 Å². The van der Waals surface area contributed by atoms with Crippen LogP contribution < -0.4 is 0 Å². The van der Waals surface area contributed by atoms with E-state index in [1.807, 2.05) is 25.1 Å². The molecule has 0 bridgehead atoms. The van der Waals surface area contributed by atoms with Gasteiger partial charge < -0.3 is 14.9 Å². The second kappa shape index (κ2) is 9.90. The van der Waals surface area contributed by atoms with Gasteiger partial charge in [-0.2, -0.15) is 0 Å². The van der Waals surface area contributed by atoms with Gasteiger partial charge in [0, 0.05) is 8.95 Å². The van der Waals surface area contributed by atoms with E-state index >= 15 is 0 Å². The van der Waals surface area contributed by atoms with Crippen molar-refractivity contribution < 1.29 is 19.7 Å². The highest BCUT2D eigenvalue weighted by molar-refractivity contribution is 9.10. The fraction of sp³-hybridized carbons (Fsp3) is 0.219. The maximum absolute atomic E-state index is 12.9. The normalized spacial score (nSPS) is 13.2. The molecule has 0 unspecified atom stereocenters. The van der Waals surface area contributed by atoms with Crippen LogP contribution >= 0.6 is 31.9 Å². The number of phenols is 2. The molecular weight excluding hydrogens is 608 g/mol. The van der Waals surface area contributed by atoms with Gasteiger partial charge in [0.25, 0.3) is 0 Å². The monoisotopic (exact) mass is 634 g/mol. The number of phenolic OH excluding ortho intramolecular Hbond substituents is 2. The van der Waals surface area contributed by atoms with Gasteiger partial charge in [0.15, 0.2) is 0 Å². The standard InChI is InChI=1S/C32H28Br2O4/c1-5-19-13-20(7-9-29(19)35)32(21-8-10-30(36)24(14-21)31(37)38-6-2)25-15-27(33)17(3)11-22(25)23-12-18(4)28(34)16-26(23)32/h7-16,35-36H,5-6H2,1-4H3. The Morgan fingerprint density at radius 3 is 1.84 bits per heavy atom. The predicted octanol–water partition coefficient (Wildman–Crippen LogP) is 8.34. The second-order valence-electron chi connectivity index (χ2n) is 9.69. The van der Waals surface area contributed by atoms with Crippen LogP contribution in [0.15, 0.2) is 69.6 Å². The number of rotatable bonds is 5. The van der Waals surface area contributed by atoms with Crippen molar-refractivity contribution in [2.75, 3.05) is 6.61 Å². The molecule has 38 heavy (non-hydrogen) atoms. The van der Waals surface area contributed by atoms with Gasteiger partial charge in [-0.15, -0.1) is 0 Å². The minimum atomic E-state index is -0.830. The van der Waals surface area contributed by atoms with E-state index in [0.29, 0.717) is 6.42 Å². The molecule has 0 aromatic heterocycles. The van der Waals surface area contributed by atoms with Gasteiger partial charge in [-0.1, -0.05) is 57.0 Å². The van der Waals surface area contributed by atoms with Gasteiger partial charge in [0.05, 0.1) is 12.0 Å². The lowest BCUT2D eigenvalue weighted by atomic mass is 9.67. The van der Waals surface area contributed by atoms with Crippen LogP contribution in [-0.2, 0) is 16.6 Å². The number of esters is 1. The zero-order chi connectivity index (χ0) is 27.4. The molecule has 0 amide bonds. The van der Waals surface area contributed by atoms with Gasteiger partial charge in [0.1, 0.15) is 17.1 Å². The molecule has 0 radical (unpaired) electrons. The fourth-order valence-electron chi connectivity index (χ4n) is 5.61. The largest absolute Gasteiger partial charge is 0.508 e. The van der Waals surface area contributed by atoms with Crippen LogP contribution in [-0.4, -0.2) is 22.8 Å². The molecule has 0 heterocycles. The molecule has 4 aromatic rings. The molecule has 5 rings (SSSR count). The van der Waals surface area contributed by atoms with Crippen molar-refractivity contribution in [3.05, 3.63) is 114 Å². The number of ether oxygens (including phenoxy) is 1. The van der Waals surface area contributed by atoms with Gasteiger partial charge in [0.2, 0.25) is 0 Å². The Morgan fingerprint density at radius 1 is 0.789 bits per heavy atom. The van der Waals surface area contributed by atoms with E-state index in [2.05, 4.69) is 70.0 Å². The summed E-state index contributed by atoms with van der Waals surface area (Å²) in [5, 5.41) is 21.2. The highest BCUT2D eigenvalue weighted by Crippen LogP contribution is 2.58. The average Bonchev–Trinajstić information content (AvgIpc) is 3.14. The number of aryl methyl sites for hydroxylation is 3. The molecule has 0 aliphatic heterocycles. The maximum Gasteiger partial charge on any atom is 0.341 e. The van der Waals surface area contributed by atoms with Gasteiger partial charge in [-0.05, 0) is 120 Å². The summed E-state index contributed by atoms with van der Waals surface area (Å²) in [6, 6.07) is 19.6. The van der Waals surface area contributed by atoms with E-state index in [-0.39, 0.29) is 23.7 Å². The number of carbonyl (C=O) groups excluding carboxylic acids is 1. The summed E-state index contributed by atoms with van der Waals surface area (Å²) in [4.78, 5) is 12.9. The first kappa shape index (κ1) is 26.5. The van der Waals surface area contributed by atoms with E-state index in [1.165, 1.54) is 0 Å². The summed E-state index contributed by atoms with van der Waals surface area (Å²) in [5.41, 5.74) is 8.44. The van der Waals surface area contributed by atoms with Crippen molar-refractivity contribution >= 4 is 37.8 Å². The van der Waals surface area contributed by atoms with Crippen molar-refractivity contribution in [1.82, 2.24) is 0 Å². The third-order valence-corrected chi connectivity index (χ3v) is 9.22. The molecule has 4 nitrogen and oxygen atoms in total. The van der Waals surface area contributed by atoms with E-state index < -0.39 is 11.4 Å². The van der Waals surface area contributed by atoms with Gasteiger partial charge in [-0.3, -0.25) is 0 Å². The maximum atomic E-state index is 12.9. The van der Waals surface area contributed by atoms with Crippen LogP contribution in [0.1, 0.15) is 63.1 Å². The molecular formula is C32H28Br2O4. The quantitative estimate of drug-likeness (QED) is 0.191. The summed E-state index contributed by atoms with van der Waals surface area (Å²) >= 11 is 7.53. The van der Waals surface area contributed by atoms with E-state index in [9.17, 15) is 15.0 Å². The van der Waals surface area contributed by atoms with E-state index in [0.717, 1.165) is 59.0 Å². The summed E-state index contributed by atoms with van der Waals surface area (Å²) in [5.74, 6) is -0.454. The Bertz CT molecular complexity index is 1550. The van der Waals surface area contributed by atoms with Crippen molar-refractivity contribution in [3.8, 4) is 22.6 Å². The zero-order valence-corrected chi connectivity index (χ0v) is 24.8. The number of hydrogen-bond acceptors (Lipinski definition) is 4. The number of carbonyl (C=O) groups is 1. The Balaban J connectivity index is 1.98. The van der Waals surface area contributed by atoms with Crippen molar-refractivity contribution in [3.63, 3.8) is 0 Å². The number of hydrogen-bond donors (Lipinski definition) is 2. The molecule has 6 heteroatoms. The Hall–Kier alpha value is -3.09. The summed E-state index contributed by atoms with van der Waals surface area (Å²) < 4.78 is 7.23. The lowest BCUT2D eigenvalue weighted by molar-refractivity contribution is 0.0523. The molecule has 0 saturated heterocycles. The molecule has 0 spiro atoms. The van der Waals surface area contributed by atoms with Crippen LogP contribution in [0.4, 0.5) is 0 Å². The molecule has 1 aliphatic rings. The molecule has 0 saturated carbocycles. The highest BCUT2D eigenvalue weighted by Gasteiger charge is 2.47. The average molecular weight is 636 g/mol. The minimum Gasteiger partial charge on any atom is -0.508 e. The van der Waals surface area contributed by atoms with Gasteiger partial charge >= 0.3 is 5.97 Å². The van der Waals surface area contributed by atoms with E-state index in [1.54, 1.807) is 25.1 Å². The summed E-state index contributed by atoms with van der Waals surface area (Å²) in [7, 11) is 0. The molecule has 2 N–H and O–H groups in total. The molecule has 194 valence electrons. The Kier molecular flexibility index (Phi) is 6.91. The first-order valence-electron chi connectivity index (χ1n) is 12.6. The summed E-state index contributed by atoms with van der Waals surface area (Å²) in [6.45, 7) is 8.11. The number of benzene rings is 4. The van der Waals surface area contributed by atoms with Crippen molar-refractivity contribution in [1.29, 1.82) is 0 Å². The van der Waals surface area contributed by atoms with E-state index in [4.69, 9.17) is 4.74 Å². The van der Waals surface area contributed by atoms with Crippen LogP contribution in [0.5, 0.6) is 11.5 Å². The van der Waals surface area contributed by atoms with Crippen LogP contribution in [0.2, 0.25) is 0 Å². The molecule has 0 atom stereocenters. The highest BCUT2D eigenvalue weighted by atomic mass is 79.9.